The van der Waals surface area contributed by atoms with Crippen molar-refractivity contribution in [3.63, 3.8) is 0 Å². The van der Waals surface area contributed by atoms with Crippen molar-refractivity contribution < 1.29 is 10.2 Å². The van der Waals surface area contributed by atoms with Gasteiger partial charge in [0.05, 0.1) is 6.10 Å². The van der Waals surface area contributed by atoms with Crippen LogP contribution in [0.25, 0.3) is 0 Å². The van der Waals surface area contributed by atoms with Crippen molar-refractivity contribution in [1.82, 2.24) is 9.97 Å². The van der Waals surface area contributed by atoms with Gasteiger partial charge in [0.15, 0.2) is 5.82 Å². The molecular weight excluding hydrogens is 156 g/mol. The van der Waals surface area contributed by atoms with Crippen molar-refractivity contribution in [1.29, 1.82) is 0 Å². The molecule has 1 rings (SSSR count). The van der Waals surface area contributed by atoms with Gasteiger partial charge in [-0.05, 0) is 19.4 Å². The van der Waals surface area contributed by atoms with E-state index >= 15 is 0 Å². The molecule has 1 aromatic rings. The van der Waals surface area contributed by atoms with Crippen molar-refractivity contribution >= 4 is 0 Å². The maximum atomic E-state index is 9.31. The monoisotopic (exact) mass is 168 g/mol. The third-order valence-corrected chi connectivity index (χ3v) is 1.52. The third-order valence-electron chi connectivity index (χ3n) is 1.52. The summed E-state index contributed by atoms with van der Waals surface area (Å²) >= 11 is 0. The fourth-order valence-corrected chi connectivity index (χ4v) is 0.771. The molecule has 0 saturated heterocycles. The Kier molecular flexibility index (Phi) is 2.73. The van der Waals surface area contributed by atoms with Gasteiger partial charge in [0.25, 0.3) is 0 Å². The zero-order valence-electron chi connectivity index (χ0n) is 7.10. The molecule has 0 aliphatic rings. The van der Waals surface area contributed by atoms with Gasteiger partial charge in [0.2, 0.25) is 0 Å². The van der Waals surface area contributed by atoms with E-state index in [1.807, 2.05) is 6.92 Å². The Hall–Kier alpha value is -1.00. The Morgan fingerprint density at radius 3 is 2.17 bits per heavy atom. The number of aliphatic hydroxyl groups excluding tert-OH is 2. The van der Waals surface area contributed by atoms with E-state index in [4.69, 9.17) is 5.11 Å². The highest BCUT2D eigenvalue weighted by molar-refractivity contribution is 5.03. The van der Waals surface area contributed by atoms with E-state index in [0.717, 1.165) is 5.56 Å². The average Bonchev–Trinajstić information content (AvgIpc) is 2.04. The first-order valence-corrected chi connectivity index (χ1v) is 3.76. The van der Waals surface area contributed by atoms with Crippen LogP contribution in [0.3, 0.4) is 0 Å². The van der Waals surface area contributed by atoms with Crippen LogP contribution in [0.2, 0.25) is 0 Å². The standard InChI is InChI=1S/C8H12N2O2/c1-5-3-9-8(10-4-5)7(12)6(2)11/h3-4,6-7,11-12H,1-2H3. The number of nitrogens with zero attached hydrogens (tertiary/aromatic N) is 2. The summed E-state index contributed by atoms with van der Waals surface area (Å²) in [7, 11) is 0. The first-order chi connectivity index (χ1) is 5.61. The Labute approximate surface area is 70.9 Å². The largest absolute Gasteiger partial charge is 0.390 e. The Bertz CT molecular complexity index is 246. The van der Waals surface area contributed by atoms with Crippen LogP contribution >= 0.6 is 0 Å². The number of rotatable bonds is 2. The molecule has 4 nitrogen and oxygen atoms in total. The summed E-state index contributed by atoms with van der Waals surface area (Å²) in [6.45, 7) is 3.35. The molecule has 0 amide bonds. The summed E-state index contributed by atoms with van der Waals surface area (Å²) in [5.41, 5.74) is 0.927. The lowest BCUT2D eigenvalue weighted by Gasteiger charge is -2.11. The van der Waals surface area contributed by atoms with E-state index in [2.05, 4.69) is 9.97 Å². The summed E-state index contributed by atoms with van der Waals surface area (Å²) in [6.07, 6.45) is 1.38. The van der Waals surface area contributed by atoms with Crippen molar-refractivity contribution in [2.24, 2.45) is 0 Å². The van der Waals surface area contributed by atoms with Crippen LogP contribution in [0.15, 0.2) is 12.4 Å². The summed E-state index contributed by atoms with van der Waals surface area (Å²) < 4.78 is 0. The second-order valence-electron chi connectivity index (χ2n) is 2.80. The minimum atomic E-state index is -0.995. The second kappa shape index (κ2) is 3.60. The van der Waals surface area contributed by atoms with Crippen LogP contribution in [0, 0.1) is 6.92 Å². The van der Waals surface area contributed by atoms with Crippen LogP contribution in [-0.4, -0.2) is 26.3 Å². The topological polar surface area (TPSA) is 66.2 Å². The van der Waals surface area contributed by atoms with Gasteiger partial charge in [0, 0.05) is 12.4 Å². The zero-order valence-corrected chi connectivity index (χ0v) is 7.10. The molecule has 66 valence electrons. The predicted octanol–water partition coefficient (Wildman–Crippen LogP) is 0.199. The molecule has 2 atom stereocenters. The SMILES string of the molecule is Cc1cnc(C(O)C(C)O)nc1. The molecule has 1 aromatic heterocycles. The molecule has 0 aromatic carbocycles. The van der Waals surface area contributed by atoms with Gasteiger partial charge in [-0.3, -0.25) is 0 Å². The number of aryl methyl sites for hydroxylation is 1. The number of aliphatic hydroxyl groups is 2. The summed E-state index contributed by atoms with van der Waals surface area (Å²) in [5, 5.41) is 18.3. The lowest BCUT2D eigenvalue weighted by Crippen LogP contribution is -2.16. The van der Waals surface area contributed by atoms with Crippen molar-refractivity contribution in [3.8, 4) is 0 Å². The lowest BCUT2D eigenvalue weighted by molar-refractivity contribution is 0.0248. The van der Waals surface area contributed by atoms with Crippen LogP contribution in [0.5, 0.6) is 0 Å². The molecule has 4 heteroatoms. The van der Waals surface area contributed by atoms with Crippen LogP contribution in [0.4, 0.5) is 0 Å². The van der Waals surface area contributed by atoms with Gasteiger partial charge in [-0.15, -0.1) is 0 Å². The summed E-state index contributed by atoms with van der Waals surface area (Å²) in [5.74, 6) is 0.260. The summed E-state index contributed by atoms with van der Waals surface area (Å²) in [4.78, 5) is 7.76. The quantitative estimate of drug-likeness (QED) is 0.662. The molecule has 0 fully saturated rings. The molecule has 2 unspecified atom stereocenters. The van der Waals surface area contributed by atoms with E-state index in [0.29, 0.717) is 0 Å². The maximum absolute atomic E-state index is 9.31. The van der Waals surface area contributed by atoms with Crippen LogP contribution in [0.1, 0.15) is 24.4 Å². The molecule has 12 heavy (non-hydrogen) atoms. The van der Waals surface area contributed by atoms with E-state index in [-0.39, 0.29) is 5.82 Å². The fraction of sp³-hybridized carbons (Fsp3) is 0.500. The smallest absolute Gasteiger partial charge is 0.159 e. The minimum absolute atomic E-state index is 0.260. The Morgan fingerprint density at radius 1 is 1.25 bits per heavy atom. The number of hydrogen-bond acceptors (Lipinski definition) is 4. The van der Waals surface area contributed by atoms with Gasteiger partial charge in [-0.1, -0.05) is 0 Å². The molecule has 0 aliphatic heterocycles. The number of aromatic nitrogens is 2. The first kappa shape index (κ1) is 9.09. The molecule has 1 heterocycles. The highest BCUT2D eigenvalue weighted by Crippen LogP contribution is 2.10. The second-order valence-corrected chi connectivity index (χ2v) is 2.80. The van der Waals surface area contributed by atoms with Gasteiger partial charge in [-0.25, -0.2) is 9.97 Å². The molecule has 0 bridgehead atoms. The van der Waals surface area contributed by atoms with Crippen molar-refractivity contribution in [2.45, 2.75) is 26.1 Å². The van der Waals surface area contributed by atoms with E-state index in [1.165, 1.54) is 6.92 Å². The molecule has 0 spiro atoms. The number of hydrogen-bond donors (Lipinski definition) is 2. The molecule has 2 N–H and O–H groups in total. The summed E-state index contributed by atoms with van der Waals surface area (Å²) in [6, 6.07) is 0. The van der Waals surface area contributed by atoms with Gasteiger partial charge < -0.3 is 10.2 Å². The third kappa shape index (κ3) is 1.99. The van der Waals surface area contributed by atoms with Gasteiger partial charge in [0.1, 0.15) is 6.10 Å². The highest BCUT2D eigenvalue weighted by Gasteiger charge is 2.15. The van der Waals surface area contributed by atoms with E-state index in [9.17, 15) is 5.11 Å². The maximum Gasteiger partial charge on any atom is 0.159 e. The first-order valence-electron chi connectivity index (χ1n) is 3.76. The lowest BCUT2D eigenvalue weighted by atomic mass is 10.2. The average molecular weight is 168 g/mol. The van der Waals surface area contributed by atoms with Crippen LogP contribution in [-0.2, 0) is 0 Å². The minimum Gasteiger partial charge on any atom is -0.390 e. The Morgan fingerprint density at radius 2 is 1.75 bits per heavy atom. The predicted molar refractivity (Wildman–Crippen MR) is 43.4 cm³/mol. The Balaban J connectivity index is 2.82. The van der Waals surface area contributed by atoms with Crippen molar-refractivity contribution in [2.75, 3.05) is 0 Å². The molecule has 0 radical (unpaired) electrons. The van der Waals surface area contributed by atoms with E-state index < -0.39 is 12.2 Å². The van der Waals surface area contributed by atoms with Crippen LogP contribution < -0.4 is 0 Å². The fourth-order valence-electron chi connectivity index (χ4n) is 0.771. The van der Waals surface area contributed by atoms with E-state index in [1.54, 1.807) is 12.4 Å². The van der Waals surface area contributed by atoms with Gasteiger partial charge in [-0.2, -0.15) is 0 Å². The molecule has 0 aliphatic carbocycles. The normalized spacial score (nSPS) is 15.7. The molecule has 0 saturated carbocycles. The zero-order chi connectivity index (χ0) is 9.14. The van der Waals surface area contributed by atoms with Gasteiger partial charge >= 0.3 is 0 Å². The molecular formula is C8H12N2O2. The highest BCUT2D eigenvalue weighted by atomic mass is 16.3. The van der Waals surface area contributed by atoms with Crippen molar-refractivity contribution in [3.05, 3.63) is 23.8 Å².